The Hall–Kier alpha value is -2.37. The van der Waals surface area contributed by atoms with Gasteiger partial charge >= 0.3 is 0 Å². The molecule has 0 aliphatic heterocycles. The van der Waals surface area contributed by atoms with Crippen molar-refractivity contribution in [1.29, 1.82) is 0 Å². The van der Waals surface area contributed by atoms with Crippen molar-refractivity contribution in [2.24, 2.45) is 0 Å². The largest absolute Gasteiger partial charge is 0.331 e. The lowest BCUT2D eigenvalue weighted by Gasteiger charge is -2.10. The molecule has 1 amide bonds. The van der Waals surface area contributed by atoms with Gasteiger partial charge in [-0.15, -0.1) is 0 Å². The number of halogens is 1. The molecule has 0 aliphatic carbocycles. The first-order chi connectivity index (χ1) is 10.6. The molecule has 112 valence electrons. The van der Waals surface area contributed by atoms with Crippen molar-refractivity contribution in [3.8, 4) is 0 Å². The van der Waals surface area contributed by atoms with E-state index in [1.165, 1.54) is 6.08 Å². The monoisotopic (exact) mass is 331 g/mol. The molecule has 0 aromatic heterocycles. The molecule has 0 radical (unpaired) electrons. The number of thiocarbonyl (C=S) groups is 1. The molecule has 22 heavy (non-hydrogen) atoms. The maximum atomic E-state index is 11.7. The lowest BCUT2D eigenvalue weighted by molar-refractivity contribution is -0.116. The first-order valence-electron chi connectivity index (χ1n) is 6.49. The molecule has 2 aromatic rings. The van der Waals surface area contributed by atoms with E-state index in [9.17, 15) is 4.79 Å². The second-order valence-corrected chi connectivity index (χ2v) is 5.17. The highest BCUT2D eigenvalue weighted by Gasteiger charge is 1.99. The molecule has 0 unspecified atom stereocenters. The minimum absolute atomic E-state index is 0.267. The third kappa shape index (κ3) is 5.55. The summed E-state index contributed by atoms with van der Waals surface area (Å²) in [4.78, 5) is 11.7. The van der Waals surface area contributed by atoms with Crippen LogP contribution < -0.4 is 16.2 Å². The van der Waals surface area contributed by atoms with E-state index in [0.717, 1.165) is 11.3 Å². The molecule has 6 heteroatoms. The molecule has 0 spiro atoms. The molecule has 2 rings (SSSR count). The number of amides is 1. The molecule has 0 heterocycles. The standard InChI is InChI=1S/C16H14ClN3OS/c17-13-7-4-8-14(11-13)18-16(22)20-19-15(21)10-9-12-5-2-1-3-6-12/h1-11H,(H,19,21)(H2,18,20,22)/b10-9+. The predicted molar refractivity (Wildman–Crippen MR) is 94.4 cm³/mol. The van der Waals surface area contributed by atoms with Crippen molar-refractivity contribution in [2.45, 2.75) is 0 Å². The molecular formula is C16H14ClN3OS. The van der Waals surface area contributed by atoms with Gasteiger partial charge in [0.1, 0.15) is 0 Å². The van der Waals surface area contributed by atoms with Crippen molar-refractivity contribution in [1.82, 2.24) is 10.9 Å². The number of anilines is 1. The van der Waals surface area contributed by atoms with Crippen LogP contribution >= 0.6 is 23.8 Å². The third-order valence-corrected chi connectivity index (χ3v) is 3.05. The van der Waals surface area contributed by atoms with Crippen LogP contribution in [0.1, 0.15) is 5.56 Å². The van der Waals surface area contributed by atoms with E-state index in [2.05, 4.69) is 16.2 Å². The highest BCUT2D eigenvalue weighted by Crippen LogP contribution is 2.14. The van der Waals surface area contributed by atoms with E-state index >= 15 is 0 Å². The summed E-state index contributed by atoms with van der Waals surface area (Å²) < 4.78 is 0. The zero-order valence-electron chi connectivity index (χ0n) is 11.5. The summed E-state index contributed by atoms with van der Waals surface area (Å²) in [5.41, 5.74) is 6.77. The number of hydrogen-bond donors (Lipinski definition) is 3. The molecule has 0 saturated carbocycles. The van der Waals surface area contributed by atoms with E-state index in [0.29, 0.717) is 5.02 Å². The average molecular weight is 332 g/mol. The van der Waals surface area contributed by atoms with E-state index in [1.807, 2.05) is 36.4 Å². The molecule has 3 N–H and O–H groups in total. The average Bonchev–Trinajstić information content (AvgIpc) is 2.52. The van der Waals surface area contributed by atoms with Crippen molar-refractivity contribution in [3.05, 3.63) is 71.3 Å². The lowest BCUT2D eigenvalue weighted by atomic mass is 10.2. The van der Waals surface area contributed by atoms with Crippen LogP contribution in [0.15, 0.2) is 60.7 Å². The Bertz CT molecular complexity index is 689. The smallest absolute Gasteiger partial charge is 0.262 e. The van der Waals surface area contributed by atoms with Gasteiger partial charge < -0.3 is 5.32 Å². The van der Waals surface area contributed by atoms with Gasteiger partial charge in [0.15, 0.2) is 5.11 Å². The topological polar surface area (TPSA) is 53.2 Å². The Morgan fingerprint density at radius 3 is 2.55 bits per heavy atom. The zero-order valence-corrected chi connectivity index (χ0v) is 13.1. The molecule has 4 nitrogen and oxygen atoms in total. The quantitative estimate of drug-likeness (QED) is 0.458. The zero-order chi connectivity index (χ0) is 15.8. The number of benzene rings is 2. The van der Waals surface area contributed by atoms with Gasteiger partial charge in [0.25, 0.3) is 5.91 Å². The van der Waals surface area contributed by atoms with Crippen LogP contribution in [0.3, 0.4) is 0 Å². The van der Waals surface area contributed by atoms with E-state index in [1.54, 1.807) is 24.3 Å². The van der Waals surface area contributed by atoms with Crippen LogP contribution in [-0.4, -0.2) is 11.0 Å². The maximum Gasteiger partial charge on any atom is 0.262 e. The highest BCUT2D eigenvalue weighted by atomic mass is 35.5. The van der Waals surface area contributed by atoms with Crippen molar-refractivity contribution >= 4 is 46.6 Å². The molecule has 0 bridgehead atoms. The molecular weight excluding hydrogens is 318 g/mol. The summed E-state index contributed by atoms with van der Waals surface area (Å²) in [6, 6.07) is 16.6. The summed E-state index contributed by atoms with van der Waals surface area (Å²) in [7, 11) is 0. The fourth-order valence-electron chi connectivity index (χ4n) is 1.62. The van der Waals surface area contributed by atoms with Crippen LogP contribution in [-0.2, 0) is 4.79 Å². The Morgan fingerprint density at radius 1 is 1.05 bits per heavy atom. The number of carbonyl (C=O) groups is 1. The van der Waals surface area contributed by atoms with Crippen LogP contribution in [0.4, 0.5) is 5.69 Å². The molecule has 0 saturated heterocycles. The number of hydrogen-bond acceptors (Lipinski definition) is 2. The van der Waals surface area contributed by atoms with E-state index < -0.39 is 0 Å². The minimum Gasteiger partial charge on any atom is -0.331 e. The van der Waals surface area contributed by atoms with E-state index in [-0.39, 0.29) is 11.0 Å². The summed E-state index contributed by atoms with van der Waals surface area (Å²) in [6.45, 7) is 0. The van der Waals surface area contributed by atoms with Crippen molar-refractivity contribution < 1.29 is 4.79 Å². The summed E-state index contributed by atoms with van der Waals surface area (Å²) in [6.07, 6.45) is 3.13. The van der Waals surface area contributed by atoms with Gasteiger partial charge in [-0.1, -0.05) is 48.0 Å². The number of hydrazine groups is 1. The minimum atomic E-state index is -0.306. The Balaban J connectivity index is 1.78. The second kappa shape index (κ2) is 8.17. The maximum absolute atomic E-state index is 11.7. The van der Waals surface area contributed by atoms with Crippen LogP contribution in [0.5, 0.6) is 0 Å². The molecule has 0 fully saturated rings. The lowest BCUT2D eigenvalue weighted by Crippen LogP contribution is -2.43. The van der Waals surface area contributed by atoms with Gasteiger partial charge in [-0.2, -0.15) is 0 Å². The van der Waals surface area contributed by atoms with Gasteiger partial charge in [0.05, 0.1) is 0 Å². The van der Waals surface area contributed by atoms with Crippen molar-refractivity contribution in [3.63, 3.8) is 0 Å². The van der Waals surface area contributed by atoms with E-state index in [4.69, 9.17) is 23.8 Å². The van der Waals surface area contributed by atoms with Crippen LogP contribution in [0, 0.1) is 0 Å². The normalized spacial score (nSPS) is 10.2. The van der Waals surface area contributed by atoms with Gasteiger partial charge in [0.2, 0.25) is 0 Å². The SMILES string of the molecule is O=C(/C=C/c1ccccc1)NNC(=S)Nc1cccc(Cl)c1. The molecule has 0 aliphatic rings. The van der Waals surface area contributed by atoms with Crippen LogP contribution in [0.25, 0.3) is 6.08 Å². The predicted octanol–water partition coefficient (Wildman–Crippen LogP) is 3.37. The van der Waals surface area contributed by atoms with Crippen LogP contribution in [0.2, 0.25) is 5.02 Å². The summed E-state index contributed by atoms with van der Waals surface area (Å²) >= 11 is 10.9. The van der Waals surface area contributed by atoms with Gasteiger partial charge in [0, 0.05) is 16.8 Å². The fraction of sp³-hybridized carbons (Fsp3) is 0. The van der Waals surface area contributed by atoms with Gasteiger partial charge in [-0.05, 0) is 42.1 Å². The molecule has 0 atom stereocenters. The number of rotatable bonds is 3. The number of nitrogens with one attached hydrogen (secondary N) is 3. The fourth-order valence-corrected chi connectivity index (χ4v) is 1.98. The third-order valence-electron chi connectivity index (χ3n) is 2.61. The Morgan fingerprint density at radius 2 is 1.82 bits per heavy atom. The molecule has 2 aromatic carbocycles. The first-order valence-corrected chi connectivity index (χ1v) is 7.28. The van der Waals surface area contributed by atoms with Crippen molar-refractivity contribution in [2.75, 3.05) is 5.32 Å². The van der Waals surface area contributed by atoms with Gasteiger partial charge in [-0.3, -0.25) is 15.6 Å². The second-order valence-electron chi connectivity index (χ2n) is 4.32. The Kier molecular flexibility index (Phi) is 5.94. The summed E-state index contributed by atoms with van der Waals surface area (Å²) in [5, 5.41) is 3.78. The number of carbonyl (C=O) groups excluding carboxylic acids is 1. The summed E-state index contributed by atoms with van der Waals surface area (Å²) in [5.74, 6) is -0.306. The Labute approximate surface area is 139 Å². The van der Waals surface area contributed by atoms with Gasteiger partial charge in [-0.25, -0.2) is 0 Å². The first kappa shape index (κ1) is 16.0. The highest BCUT2D eigenvalue weighted by molar-refractivity contribution is 7.80.